The first-order valence-corrected chi connectivity index (χ1v) is 6.09. The van der Waals surface area contributed by atoms with Crippen LogP contribution in [0.1, 0.15) is 45.8 Å². The van der Waals surface area contributed by atoms with Gasteiger partial charge in [-0.15, -0.1) is 0 Å². The Bertz CT molecular complexity index is 322. The quantitative estimate of drug-likeness (QED) is 0.796. The highest BCUT2D eigenvalue weighted by atomic mass is 16.3. The van der Waals surface area contributed by atoms with E-state index in [0.29, 0.717) is 12.0 Å². The Morgan fingerprint density at radius 3 is 2.38 bits per heavy atom. The molecule has 0 fully saturated rings. The van der Waals surface area contributed by atoms with Gasteiger partial charge >= 0.3 is 0 Å². The monoisotopic (exact) mass is 221 g/mol. The van der Waals surface area contributed by atoms with Crippen molar-refractivity contribution in [3.8, 4) is 0 Å². The lowest BCUT2D eigenvalue weighted by atomic mass is 9.99. The van der Waals surface area contributed by atoms with Gasteiger partial charge in [-0.05, 0) is 25.8 Å². The molecule has 0 radical (unpaired) electrons. The maximum atomic E-state index is 9.67. The summed E-state index contributed by atoms with van der Waals surface area (Å²) in [6.07, 6.45) is 0.734. The molecule has 0 aliphatic carbocycles. The third kappa shape index (κ3) is 3.24. The van der Waals surface area contributed by atoms with Crippen LogP contribution in [0.25, 0.3) is 0 Å². The number of anilines is 1. The number of hydrogen-bond acceptors (Lipinski definition) is 2. The smallest absolute Gasteiger partial charge is 0.0781 e. The second kappa shape index (κ2) is 5.90. The molecule has 3 atom stereocenters. The fourth-order valence-corrected chi connectivity index (χ4v) is 1.73. The lowest BCUT2D eigenvalue weighted by Crippen LogP contribution is -2.24. The SMILES string of the molecule is CCC(C)C(C)Nc1ccccc1C(C)O. The van der Waals surface area contributed by atoms with Gasteiger partial charge in [-0.3, -0.25) is 0 Å². The molecule has 2 heteroatoms. The topological polar surface area (TPSA) is 32.3 Å². The van der Waals surface area contributed by atoms with E-state index in [0.717, 1.165) is 17.7 Å². The first-order valence-electron chi connectivity index (χ1n) is 6.09. The van der Waals surface area contributed by atoms with E-state index in [1.54, 1.807) is 6.92 Å². The van der Waals surface area contributed by atoms with Crippen LogP contribution in [0.2, 0.25) is 0 Å². The highest BCUT2D eigenvalue weighted by molar-refractivity contribution is 5.52. The summed E-state index contributed by atoms with van der Waals surface area (Å²) >= 11 is 0. The molecule has 0 amide bonds. The molecular weight excluding hydrogens is 198 g/mol. The zero-order valence-electron chi connectivity index (χ0n) is 10.7. The molecule has 2 nitrogen and oxygen atoms in total. The van der Waals surface area contributed by atoms with Crippen LogP contribution in [-0.2, 0) is 0 Å². The van der Waals surface area contributed by atoms with Crippen molar-refractivity contribution in [2.75, 3.05) is 5.32 Å². The average Bonchev–Trinajstić information content (AvgIpc) is 2.28. The number of para-hydroxylation sites is 1. The first kappa shape index (κ1) is 13.0. The van der Waals surface area contributed by atoms with E-state index in [2.05, 4.69) is 26.1 Å². The lowest BCUT2D eigenvalue weighted by Gasteiger charge is -2.23. The largest absolute Gasteiger partial charge is 0.389 e. The third-order valence-corrected chi connectivity index (χ3v) is 3.29. The van der Waals surface area contributed by atoms with Crippen LogP contribution in [0, 0.1) is 5.92 Å². The van der Waals surface area contributed by atoms with E-state index < -0.39 is 6.10 Å². The molecule has 1 aromatic carbocycles. The molecule has 90 valence electrons. The van der Waals surface area contributed by atoms with Crippen LogP contribution in [0.3, 0.4) is 0 Å². The maximum Gasteiger partial charge on any atom is 0.0781 e. The van der Waals surface area contributed by atoms with Crippen molar-refractivity contribution in [3.63, 3.8) is 0 Å². The van der Waals surface area contributed by atoms with Gasteiger partial charge < -0.3 is 10.4 Å². The molecule has 1 rings (SSSR count). The van der Waals surface area contributed by atoms with Gasteiger partial charge in [0.15, 0.2) is 0 Å². The average molecular weight is 221 g/mol. The standard InChI is InChI=1S/C14H23NO/c1-5-10(2)11(3)15-14-9-7-6-8-13(14)12(4)16/h6-12,15-16H,5H2,1-4H3. The van der Waals surface area contributed by atoms with Gasteiger partial charge in [0.2, 0.25) is 0 Å². The van der Waals surface area contributed by atoms with E-state index in [-0.39, 0.29) is 0 Å². The Morgan fingerprint density at radius 2 is 1.81 bits per heavy atom. The van der Waals surface area contributed by atoms with Crippen molar-refractivity contribution in [2.24, 2.45) is 5.92 Å². The van der Waals surface area contributed by atoms with Crippen molar-refractivity contribution in [3.05, 3.63) is 29.8 Å². The van der Waals surface area contributed by atoms with E-state index >= 15 is 0 Å². The van der Waals surface area contributed by atoms with Crippen molar-refractivity contribution in [1.29, 1.82) is 0 Å². The number of rotatable bonds is 5. The molecular formula is C14H23NO. The van der Waals surface area contributed by atoms with Crippen molar-refractivity contribution in [1.82, 2.24) is 0 Å². The van der Waals surface area contributed by atoms with Gasteiger partial charge in [-0.25, -0.2) is 0 Å². The molecule has 0 aliphatic rings. The fraction of sp³-hybridized carbons (Fsp3) is 0.571. The molecule has 2 N–H and O–H groups in total. The van der Waals surface area contributed by atoms with Gasteiger partial charge in [-0.1, -0.05) is 38.5 Å². The number of hydrogen-bond donors (Lipinski definition) is 2. The minimum absolute atomic E-state index is 0.421. The highest BCUT2D eigenvalue weighted by Crippen LogP contribution is 2.24. The van der Waals surface area contributed by atoms with Crippen LogP contribution in [-0.4, -0.2) is 11.1 Å². The second-order valence-electron chi connectivity index (χ2n) is 4.58. The van der Waals surface area contributed by atoms with E-state index in [9.17, 15) is 5.11 Å². The molecule has 0 saturated heterocycles. The molecule has 0 spiro atoms. The summed E-state index contributed by atoms with van der Waals surface area (Å²) in [6.45, 7) is 8.42. The number of aliphatic hydroxyl groups excluding tert-OH is 1. The number of nitrogens with one attached hydrogen (secondary N) is 1. The minimum atomic E-state index is -0.423. The fourth-order valence-electron chi connectivity index (χ4n) is 1.73. The summed E-state index contributed by atoms with van der Waals surface area (Å²) in [5, 5.41) is 13.2. The molecule has 1 aromatic rings. The van der Waals surface area contributed by atoms with Gasteiger partial charge in [0.1, 0.15) is 0 Å². The zero-order valence-corrected chi connectivity index (χ0v) is 10.7. The van der Waals surface area contributed by atoms with Crippen molar-refractivity contribution in [2.45, 2.75) is 46.3 Å². The molecule has 0 aromatic heterocycles. The Balaban J connectivity index is 2.80. The van der Waals surface area contributed by atoms with Crippen LogP contribution in [0.5, 0.6) is 0 Å². The van der Waals surface area contributed by atoms with E-state index in [1.165, 1.54) is 0 Å². The first-order chi connectivity index (χ1) is 7.56. The Kier molecular flexibility index (Phi) is 4.81. The van der Waals surface area contributed by atoms with Crippen LogP contribution >= 0.6 is 0 Å². The number of aliphatic hydroxyl groups is 1. The summed E-state index contributed by atoms with van der Waals surface area (Å²) in [4.78, 5) is 0. The van der Waals surface area contributed by atoms with Crippen molar-refractivity contribution < 1.29 is 5.11 Å². The number of benzene rings is 1. The Labute approximate surface area is 98.7 Å². The Morgan fingerprint density at radius 1 is 1.19 bits per heavy atom. The van der Waals surface area contributed by atoms with Crippen LogP contribution in [0.15, 0.2) is 24.3 Å². The predicted molar refractivity (Wildman–Crippen MR) is 69.6 cm³/mol. The highest BCUT2D eigenvalue weighted by Gasteiger charge is 2.13. The summed E-state index contributed by atoms with van der Waals surface area (Å²) in [5.41, 5.74) is 2.02. The summed E-state index contributed by atoms with van der Waals surface area (Å²) in [7, 11) is 0. The third-order valence-electron chi connectivity index (χ3n) is 3.29. The van der Waals surface area contributed by atoms with Gasteiger partial charge in [-0.2, -0.15) is 0 Å². The molecule has 0 aliphatic heterocycles. The van der Waals surface area contributed by atoms with Gasteiger partial charge in [0, 0.05) is 17.3 Å². The molecule has 16 heavy (non-hydrogen) atoms. The van der Waals surface area contributed by atoms with E-state index in [4.69, 9.17) is 0 Å². The van der Waals surface area contributed by atoms with Gasteiger partial charge in [0.05, 0.1) is 6.10 Å². The second-order valence-corrected chi connectivity index (χ2v) is 4.58. The zero-order chi connectivity index (χ0) is 12.1. The minimum Gasteiger partial charge on any atom is -0.389 e. The molecule has 0 heterocycles. The maximum absolute atomic E-state index is 9.67. The molecule has 0 bridgehead atoms. The summed E-state index contributed by atoms with van der Waals surface area (Å²) in [5.74, 6) is 0.627. The summed E-state index contributed by atoms with van der Waals surface area (Å²) in [6, 6.07) is 8.38. The van der Waals surface area contributed by atoms with Crippen LogP contribution in [0.4, 0.5) is 5.69 Å². The predicted octanol–water partition coefficient (Wildman–Crippen LogP) is 3.59. The van der Waals surface area contributed by atoms with Gasteiger partial charge in [0.25, 0.3) is 0 Å². The van der Waals surface area contributed by atoms with E-state index in [1.807, 2.05) is 24.3 Å². The summed E-state index contributed by atoms with van der Waals surface area (Å²) < 4.78 is 0. The molecule has 0 saturated carbocycles. The Hall–Kier alpha value is -1.02. The van der Waals surface area contributed by atoms with Crippen molar-refractivity contribution >= 4 is 5.69 Å². The molecule has 3 unspecified atom stereocenters. The lowest BCUT2D eigenvalue weighted by molar-refractivity contribution is 0.200. The normalized spacial score (nSPS) is 16.6. The van der Waals surface area contributed by atoms with Crippen LogP contribution < -0.4 is 5.32 Å².